The van der Waals surface area contributed by atoms with Gasteiger partial charge in [-0.2, -0.15) is 0 Å². The number of ketones is 1. The molecule has 0 saturated heterocycles. The normalized spacial score (nSPS) is 18.5. The van der Waals surface area contributed by atoms with Gasteiger partial charge in [-0.25, -0.2) is 5.01 Å². The van der Waals surface area contributed by atoms with Gasteiger partial charge < -0.3 is 5.32 Å². The molecule has 3 rings (SSSR count). The molecular formula is C19H17N5O6. The number of allylic oxidation sites excluding steroid dienone is 1. The molecule has 0 bridgehead atoms. The fourth-order valence-electron chi connectivity index (χ4n) is 3.56. The highest BCUT2D eigenvalue weighted by atomic mass is 16.6. The van der Waals surface area contributed by atoms with E-state index in [1.54, 1.807) is 19.1 Å². The van der Waals surface area contributed by atoms with Crippen LogP contribution in [0.4, 0.5) is 11.4 Å². The molecule has 0 saturated carbocycles. The lowest BCUT2D eigenvalue weighted by atomic mass is 9.90. The largest absolute Gasteiger partial charge is 0.363 e. The van der Waals surface area contributed by atoms with E-state index in [0.29, 0.717) is 16.8 Å². The fraction of sp³-hybridized carbons (Fsp3) is 0.211. The van der Waals surface area contributed by atoms with Gasteiger partial charge in [0.2, 0.25) is 0 Å². The number of Topliss-reactive ketones (excluding diaryl/α,β-unsaturated/α-hetero) is 1. The summed E-state index contributed by atoms with van der Waals surface area (Å²) in [5.41, 5.74) is 0.981. The van der Waals surface area contributed by atoms with Crippen LogP contribution in [-0.4, -0.2) is 20.6 Å². The third kappa shape index (κ3) is 3.72. The molecule has 0 aromatic heterocycles. The predicted molar refractivity (Wildman–Crippen MR) is 106 cm³/mol. The van der Waals surface area contributed by atoms with Crippen molar-refractivity contribution in [2.45, 2.75) is 26.1 Å². The van der Waals surface area contributed by atoms with Crippen molar-refractivity contribution in [3.05, 3.63) is 96.1 Å². The highest BCUT2D eigenvalue weighted by Crippen LogP contribution is 2.41. The third-order valence-electron chi connectivity index (χ3n) is 4.83. The van der Waals surface area contributed by atoms with Gasteiger partial charge >= 0.3 is 0 Å². The minimum absolute atomic E-state index is 0.175. The summed E-state index contributed by atoms with van der Waals surface area (Å²) >= 11 is 0. The van der Waals surface area contributed by atoms with E-state index in [0.717, 1.165) is 5.01 Å². The van der Waals surface area contributed by atoms with Crippen molar-refractivity contribution in [3.63, 3.8) is 0 Å². The van der Waals surface area contributed by atoms with Crippen LogP contribution in [0, 0.1) is 25.1 Å². The topological polar surface area (TPSA) is 148 Å². The zero-order valence-electron chi connectivity index (χ0n) is 16.0. The monoisotopic (exact) mass is 411 g/mol. The highest BCUT2D eigenvalue weighted by molar-refractivity contribution is 5.95. The summed E-state index contributed by atoms with van der Waals surface area (Å²) in [6.07, 6.45) is -0.922. The van der Waals surface area contributed by atoms with Crippen molar-refractivity contribution < 1.29 is 14.6 Å². The Morgan fingerprint density at radius 3 is 2.07 bits per heavy atom. The molecule has 30 heavy (non-hydrogen) atoms. The van der Waals surface area contributed by atoms with Crippen LogP contribution in [0.5, 0.6) is 0 Å². The Morgan fingerprint density at radius 1 is 1.03 bits per heavy atom. The van der Waals surface area contributed by atoms with Crippen molar-refractivity contribution in [2.75, 3.05) is 0 Å². The molecule has 154 valence electrons. The second-order valence-corrected chi connectivity index (χ2v) is 6.71. The van der Waals surface area contributed by atoms with E-state index in [1.807, 2.05) is 0 Å². The van der Waals surface area contributed by atoms with E-state index in [9.17, 15) is 29.9 Å². The van der Waals surface area contributed by atoms with Gasteiger partial charge in [-0.3, -0.25) is 25.0 Å². The zero-order chi connectivity index (χ0) is 22.0. The number of carbonyl (C=O) groups is 1. The molecule has 0 spiro atoms. The van der Waals surface area contributed by atoms with Crippen LogP contribution < -0.4 is 5.32 Å². The summed E-state index contributed by atoms with van der Waals surface area (Å²) < 4.78 is 0. The van der Waals surface area contributed by atoms with E-state index in [2.05, 4.69) is 10.6 Å². The molecule has 0 amide bonds. The van der Waals surface area contributed by atoms with Gasteiger partial charge in [0.15, 0.2) is 5.78 Å². The first kappa shape index (κ1) is 20.6. The van der Waals surface area contributed by atoms with E-state index in [1.165, 1.54) is 43.3 Å². The van der Waals surface area contributed by atoms with Crippen LogP contribution in [0.15, 0.2) is 65.1 Å². The van der Waals surface area contributed by atoms with Gasteiger partial charge in [0, 0.05) is 41.1 Å². The molecule has 2 atom stereocenters. The molecule has 11 nitrogen and oxygen atoms in total. The number of benzene rings is 2. The average Bonchev–Trinajstić information content (AvgIpc) is 2.72. The number of nitrogens with one attached hydrogen (secondary N) is 1. The first-order valence-electron chi connectivity index (χ1n) is 8.83. The lowest BCUT2D eigenvalue weighted by Gasteiger charge is -2.40. The summed E-state index contributed by atoms with van der Waals surface area (Å²) in [4.78, 5) is 45.5. The van der Waals surface area contributed by atoms with Crippen molar-refractivity contribution in [2.24, 2.45) is 5.29 Å². The second kappa shape index (κ2) is 8.07. The van der Waals surface area contributed by atoms with Crippen molar-refractivity contribution in [1.82, 2.24) is 10.3 Å². The minimum Gasteiger partial charge on any atom is -0.363 e. The number of carbonyl (C=O) groups excluding carboxylic acids is 1. The quantitative estimate of drug-likeness (QED) is 0.430. The van der Waals surface area contributed by atoms with Crippen molar-refractivity contribution >= 4 is 17.2 Å². The first-order valence-corrected chi connectivity index (χ1v) is 8.83. The number of nitrogens with zero attached hydrogens (tertiary/aromatic N) is 4. The molecule has 0 radical (unpaired) electrons. The molecular weight excluding hydrogens is 394 g/mol. The number of rotatable bonds is 6. The maximum absolute atomic E-state index is 12.4. The van der Waals surface area contributed by atoms with Gasteiger partial charge in [0.05, 0.1) is 15.1 Å². The predicted octanol–water partition coefficient (Wildman–Crippen LogP) is 3.69. The molecule has 1 aliphatic heterocycles. The summed E-state index contributed by atoms with van der Waals surface area (Å²) in [6, 6.07) is 10.2. The van der Waals surface area contributed by atoms with Crippen LogP contribution >= 0.6 is 0 Å². The summed E-state index contributed by atoms with van der Waals surface area (Å²) in [7, 11) is 0. The van der Waals surface area contributed by atoms with E-state index in [-0.39, 0.29) is 22.7 Å². The first-order chi connectivity index (χ1) is 14.2. The minimum atomic E-state index is -1.01. The third-order valence-corrected chi connectivity index (χ3v) is 4.83. The maximum Gasteiger partial charge on any atom is 0.269 e. The maximum atomic E-state index is 12.4. The molecule has 0 unspecified atom stereocenters. The van der Waals surface area contributed by atoms with Crippen LogP contribution in [0.1, 0.15) is 37.2 Å². The Bertz CT molecular complexity index is 1080. The smallest absolute Gasteiger partial charge is 0.269 e. The number of non-ortho nitro benzene ring substituents is 2. The Morgan fingerprint density at radius 2 is 1.57 bits per heavy atom. The van der Waals surface area contributed by atoms with E-state index < -0.39 is 22.1 Å². The van der Waals surface area contributed by atoms with Gasteiger partial charge in [0.1, 0.15) is 12.2 Å². The van der Waals surface area contributed by atoms with Crippen LogP contribution in [0.25, 0.3) is 0 Å². The van der Waals surface area contributed by atoms with Gasteiger partial charge in [-0.15, -0.1) is 4.91 Å². The van der Waals surface area contributed by atoms with Crippen LogP contribution in [0.3, 0.4) is 0 Å². The van der Waals surface area contributed by atoms with Crippen molar-refractivity contribution in [3.8, 4) is 0 Å². The molecule has 0 aliphatic carbocycles. The number of nitroso groups, excluding NO2 is 1. The molecule has 0 fully saturated rings. The SMILES string of the molecule is CC(=O)C1=C(C)N[C@H](c2cccc([N+](=O)[O-])c2)N(N=O)[C@@H]1c1cccc([N+](=O)[O-])c1. The number of nitro benzene ring substituents is 2. The molecule has 1 N–H and O–H groups in total. The van der Waals surface area contributed by atoms with E-state index in [4.69, 9.17) is 0 Å². The van der Waals surface area contributed by atoms with Crippen LogP contribution in [-0.2, 0) is 4.79 Å². The molecule has 11 heteroatoms. The lowest BCUT2D eigenvalue weighted by Crippen LogP contribution is -2.44. The Balaban J connectivity index is 2.19. The summed E-state index contributed by atoms with van der Waals surface area (Å²) in [5.74, 6) is -0.345. The van der Waals surface area contributed by atoms with Crippen LogP contribution in [0.2, 0.25) is 0 Å². The van der Waals surface area contributed by atoms with Gasteiger partial charge in [-0.1, -0.05) is 24.3 Å². The molecule has 1 heterocycles. The standard InChI is InChI=1S/C19H17N5O6/c1-11-17(12(2)25)18(13-5-3-7-15(9-13)23(27)28)22(21-26)19(20-11)14-6-4-8-16(10-14)24(29)30/h3-10,18-20H,1-2H3/t18-,19+/m1/s1. The number of hydrogen-bond acceptors (Lipinski definition) is 8. The highest BCUT2D eigenvalue weighted by Gasteiger charge is 2.39. The van der Waals surface area contributed by atoms with Crippen molar-refractivity contribution in [1.29, 1.82) is 0 Å². The van der Waals surface area contributed by atoms with Gasteiger partial charge in [-0.05, 0) is 19.4 Å². The van der Waals surface area contributed by atoms with E-state index >= 15 is 0 Å². The average molecular weight is 411 g/mol. The molecule has 2 aromatic carbocycles. The number of nitro groups is 2. The summed E-state index contributed by atoms with van der Waals surface area (Å²) in [6.45, 7) is 2.95. The second-order valence-electron chi connectivity index (χ2n) is 6.71. The molecule has 2 aromatic rings. The number of hydrogen-bond donors (Lipinski definition) is 1. The summed E-state index contributed by atoms with van der Waals surface area (Å²) in [5, 5.41) is 29.5. The lowest BCUT2D eigenvalue weighted by molar-refractivity contribution is -0.385. The fourth-order valence-corrected chi connectivity index (χ4v) is 3.56. The molecule has 1 aliphatic rings. The Labute approximate surface area is 170 Å². The zero-order valence-corrected chi connectivity index (χ0v) is 16.0. The Kier molecular flexibility index (Phi) is 5.54. The Hall–Kier alpha value is -4.15. The van der Waals surface area contributed by atoms with Gasteiger partial charge in [0.25, 0.3) is 11.4 Å².